The van der Waals surface area contributed by atoms with Gasteiger partial charge in [0, 0.05) is 0 Å². The molecule has 0 radical (unpaired) electrons. The highest BCUT2D eigenvalue weighted by Crippen LogP contribution is 2.54. The molecule has 0 spiro atoms. The summed E-state index contributed by atoms with van der Waals surface area (Å²) in [4.78, 5) is 0. The Morgan fingerprint density at radius 3 is 0.725 bits per heavy atom. The summed E-state index contributed by atoms with van der Waals surface area (Å²) in [5.74, 6) is 11.1. The van der Waals surface area contributed by atoms with Crippen LogP contribution in [-0.2, 0) is 0 Å². The van der Waals surface area contributed by atoms with E-state index in [0.717, 1.165) is 35.5 Å². The van der Waals surface area contributed by atoms with Gasteiger partial charge in [0.2, 0.25) is 0 Å². The third kappa shape index (κ3) is 10.9. The van der Waals surface area contributed by atoms with Gasteiger partial charge in [-0.05, 0) is 97.7 Å². The zero-order valence-corrected chi connectivity index (χ0v) is 28.2. The second-order valence-corrected chi connectivity index (χ2v) is 16.8. The number of hydrogen-bond donors (Lipinski definition) is 0. The van der Waals surface area contributed by atoms with Crippen molar-refractivity contribution in [3.8, 4) is 0 Å². The van der Waals surface area contributed by atoms with Crippen LogP contribution in [0, 0.1) is 59.2 Å². The number of rotatable bonds is 3. The molecule has 7 rings (SSSR count). The van der Waals surface area contributed by atoms with Crippen LogP contribution in [0.2, 0.25) is 0 Å². The van der Waals surface area contributed by atoms with Crippen molar-refractivity contribution in [1.29, 1.82) is 0 Å². The molecule has 0 aromatic carbocycles. The summed E-state index contributed by atoms with van der Waals surface area (Å²) in [6, 6.07) is 0. The Labute approximate surface area is 253 Å². The third-order valence-corrected chi connectivity index (χ3v) is 13.5. The lowest BCUT2D eigenvalue weighted by Crippen LogP contribution is -2.41. The summed E-state index contributed by atoms with van der Waals surface area (Å²) in [6.45, 7) is 9.58. The molecule has 0 aromatic rings. The summed E-state index contributed by atoms with van der Waals surface area (Å²) >= 11 is 0. The maximum Gasteiger partial charge on any atom is -0.0355 e. The maximum absolute atomic E-state index is 2.43. The molecule has 7 aliphatic carbocycles. The Balaban J connectivity index is 0.000000129. The van der Waals surface area contributed by atoms with Gasteiger partial charge < -0.3 is 0 Å². The van der Waals surface area contributed by atoms with Crippen molar-refractivity contribution in [3.63, 3.8) is 0 Å². The Bertz CT molecular complexity index is 558. The molecule has 2 atom stereocenters. The van der Waals surface area contributed by atoms with E-state index in [1.165, 1.54) is 114 Å². The topological polar surface area (TPSA) is 0 Å². The summed E-state index contributed by atoms with van der Waals surface area (Å²) in [7, 11) is 0. The first-order valence-electron chi connectivity index (χ1n) is 19.5. The van der Waals surface area contributed by atoms with Crippen molar-refractivity contribution in [2.75, 3.05) is 0 Å². The van der Waals surface area contributed by atoms with Crippen LogP contribution in [0.1, 0.15) is 195 Å². The molecular weight excluding hydrogens is 480 g/mol. The highest BCUT2D eigenvalue weighted by atomic mass is 14.5. The molecule has 0 amide bonds. The maximum atomic E-state index is 2.43. The van der Waals surface area contributed by atoms with Gasteiger partial charge in [-0.15, -0.1) is 0 Å². The van der Waals surface area contributed by atoms with Crippen molar-refractivity contribution < 1.29 is 0 Å². The highest BCUT2D eigenvalue weighted by Gasteiger charge is 2.44. The second kappa shape index (κ2) is 18.0. The molecule has 7 fully saturated rings. The minimum atomic E-state index is 1.02. The van der Waals surface area contributed by atoms with E-state index in [9.17, 15) is 0 Å². The molecule has 0 heteroatoms. The van der Waals surface area contributed by atoms with Crippen LogP contribution in [0.25, 0.3) is 0 Å². The van der Waals surface area contributed by atoms with E-state index < -0.39 is 0 Å². The molecule has 0 saturated heterocycles. The van der Waals surface area contributed by atoms with Gasteiger partial charge in [-0.3, -0.25) is 0 Å². The predicted octanol–water partition coefficient (Wildman–Crippen LogP) is 13.4. The monoisotopic (exact) mass is 555 g/mol. The smallest absolute Gasteiger partial charge is 0.0355 e. The molecule has 40 heavy (non-hydrogen) atoms. The van der Waals surface area contributed by atoms with Crippen molar-refractivity contribution >= 4 is 0 Å². The molecule has 7 aliphatic rings. The van der Waals surface area contributed by atoms with Crippen LogP contribution in [0.4, 0.5) is 0 Å². The van der Waals surface area contributed by atoms with Crippen LogP contribution >= 0.6 is 0 Å². The van der Waals surface area contributed by atoms with E-state index in [4.69, 9.17) is 0 Å². The molecule has 0 heterocycles. The molecule has 0 nitrogen and oxygen atoms in total. The van der Waals surface area contributed by atoms with Gasteiger partial charge in [0.05, 0.1) is 0 Å². The van der Waals surface area contributed by atoms with Crippen molar-refractivity contribution in [2.45, 2.75) is 195 Å². The van der Waals surface area contributed by atoms with Gasteiger partial charge in [-0.25, -0.2) is 0 Å². The van der Waals surface area contributed by atoms with Crippen LogP contribution in [0.3, 0.4) is 0 Å². The molecule has 7 saturated carbocycles. The lowest BCUT2D eigenvalue weighted by molar-refractivity contribution is -0.00862. The summed E-state index contributed by atoms with van der Waals surface area (Å²) in [5, 5.41) is 0. The molecule has 234 valence electrons. The molecule has 0 aliphatic heterocycles. The SMILES string of the molecule is C1CC(C2CCC2C2CCC2)C1.CC1CCC(C2CCC(C)CC2)CC1.CC1CCCCC1.CC1CCCCC1. The van der Waals surface area contributed by atoms with Crippen molar-refractivity contribution in [3.05, 3.63) is 0 Å². The summed E-state index contributed by atoms with van der Waals surface area (Å²) in [6.07, 6.45) is 39.7. The van der Waals surface area contributed by atoms with E-state index in [0.29, 0.717) is 0 Å². The summed E-state index contributed by atoms with van der Waals surface area (Å²) < 4.78 is 0. The largest absolute Gasteiger partial charge is 0.0625 e. The Morgan fingerprint density at radius 2 is 0.525 bits per heavy atom. The van der Waals surface area contributed by atoms with E-state index in [-0.39, 0.29) is 0 Å². The lowest BCUT2D eigenvalue weighted by Gasteiger charge is -2.51. The van der Waals surface area contributed by atoms with Gasteiger partial charge in [0.25, 0.3) is 0 Å². The molecule has 2 unspecified atom stereocenters. The van der Waals surface area contributed by atoms with E-state index >= 15 is 0 Å². The van der Waals surface area contributed by atoms with Gasteiger partial charge in [-0.2, -0.15) is 0 Å². The van der Waals surface area contributed by atoms with Gasteiger partial charge in [0.15, 0.2) is 0 Å². The van der Waals surface area contributed by atoms with Crippen molar-refractivity contribution in [2.24, 2.45) is 59.2 Å². The Kier molecular flexibility index (Phi) is 14.8. The quantitative estimate of drug-likeness (QED) is 0.325. The number of hydrogen-bond acceptors (Lipinski definition) is 0. The Morgan fingerprint density at radius 1 is 0.225 bits per heavy atom. The van der Waals surface area contributed by atoms with Gasteiger partial charge in [0.1, 0.15) is 0 Å². The normalized spacial score (nSPS) is 37.5. The van der Waals surface area contributed by atoms with Crippen LogP contribution in [0.5, 0.6) is 0 Å². The standard InChI is InChI=1S/C14H26.C12H20.2C7H14/c1-11-3-7-13(8-4-11)14-9-5-12(2)6-10-14;1-3-9(4-1)11-7-8-12(11)10-5-2-6-10;2*1-7-5-3-2-4-6-7/h11-14H,3-10H2,1-2H3;9-12H,1-8H2;2*7H,2-6H2,1H3. The first-order valence-corrected chi connectivity index (χ1v) is 19.5. The molecular formula is C40H74. The van der Waals surface area contributed by atoms with Gasteiger partial charge >= 0.3 is 0 Å². The first kappa shape index (κ1) is 32.9. The van der Waals surface area contributed by atoms with Gasteiger partial charge in [-0.1, -0.05) is 156 Å². The first-order chi connectivity index (χ1) is 19.5. The van der Waals surface area contributed by atoms with Crippen LogP contribution < -0.4 is 0 Å². The fourth-order valence-electron chi connectivity index (χ4n) is 9.59. The minimum Gasteiger partial charge on any atom is -0.0625 e. The van der Waals surface area contributed by atoms with E-state index in [1.54, 1.807) is 77.0 Å². The highest BCUT2D eigenvalue weighted by molar-refractivity contribution is 4.94. The van der Waals surface area contributed by atoms with E-state index in [2.05, 4.69) is 27.7 Å². The lowest BCUT2D eigenvalue weighted by atomic mass is 9.54. The summed E-state index contributed by atoms with van der Waals surface area (Å²) in [5.41, 5.74) is 0. The second-order valence-electron chi connectivity index (χ2n) is 16.8. The van der Waals surface area contributed by atoms with Crippen LogP contribution in [-0.4, -0.2) is 0 Å². The molecule has 0 aromatic heterocycles. The average molecular weight is 555 g/mol. The third-order valence-electron chi connectivity index (χ3n) is 13.5. The minimum absolute atomic E-state index is 1.02. The fraction of sp³-hybridized carbons (Fsp3) is 1.00. The average Bonchev–Trinajstić information content (AvgIpc) is 2.90. The molecule has 0 N–H and O–H groups in total. The Hall–Kier alpha value is 0. The zero-order valence-electron chi connectivity index (χ0n) is 28.2. The zero-order chi connectivity index (χ0) is 28.2. The molecule has 0 bridgehead atoms. The predicted molar refractivity (Wildman–Crippen MR) is 178 cm³/mol. The fourth-order valence-corrected chi connectivity index (χ4v) is 9.59. The van der Waals surface area contributed by atoms with E-state index in [1.807, 2.05) is 0 Å². The van der Waals surface area contributed by atoms with Crippen LogP contribution in [0.15, 0.2) is 0 Å². The van der Waals surface area contributed by atoms with Crippen molar-refractivity contribution in [1.82, 2.24) is 0 Å².